The third-order valence-corrected chi connectivity index (χ3v) is 3.73. The van der Waals surface area contributed by atoms with E-state index in [1.165, 1.54) is 18.2 Å². The molecule has 1 aromatic heterocycles. The molecule has 0 aliphatic carbocycles. The highest BCUT2D eigenvalue weighted by Gasteiger charge is 2.23. The molecular weight excluding hydrogens is 301 g/mol. The number of aromatic amines is 1. The van der Waals surface area contributed by atoms with Gasteiger partial charge in [0, 0.05) is 5.56 Å². The molecular formula is C15H9FN5S+. The summed E-state index contributed by atoms with van der Waals surface area (Å²) in [5.41, 5.74) is 6.71. The summed E-state index contributed by atoms with van der Waals surface area (Å²) >= 11 is 1.10. The van der Waals surface area contributed by atoms with Crippen molar-refractivity contribution in [1.29, 1.82) is 15.8 Å². The lowest BCUT2D eigenvalue weighted by Crippen LogP contribution is -2.18. The number of aromatic nitrogens is 1. The van der Waals surface area contributed by atoms with Crippen LogP contribution < -0.4 is 10.7 Å². The molecule has 0 saturated heterocycles. The van der Waals surface area contributed by atoms with E-state index in [2.05, 4.69) is 4.98 Å². The van der Waals surface area contributed by atoms with Crippen LogP contribution in [0.4, 0.5) is 10.2 Å². The van der Waals surface area contributed by atoms with Crippen LogP contribution in [0, 0.1) is 39.8 Å². The molecule has 1 heterocycles. The van der Waals surface area contributed by atoms with E-state index in [4.69, 9.17) is 11.0 Å². The number of benzene rings is 1. The van der Waals surface area contributed by atoms with Crippen molar-refractivity contribution >= 4 is 17.6 Å². The molecule has 0 atom stereocenters. The van der Waals surface area contributed by atoms with Crippen molar-refractivity contribution in [2.24, 2.45) is 0 Å². The summed E-state index contributed by atoms with van der Waals surface area (Å²) < 4.78 is 13.5. The summed E-state index contributed by atoms with van der Waals surface area (Å²) in [6.45, 7) is 0. The Morgan fingerprint density at radius 2 is 1.91 bits per heavy atom. The Hall–Kier alpha value is -3.08. The molecule has 0 radical (unpaired) electrons. The largest absolute Gasteiger partial charge is 0.289 e. The first kappa shape index (κ1) is 15.3. The van der Waals surface area contributed by atoms with Gasteiger partial charge in [0.05, 0.1) is 11.8 Å². The van der Waals surface area contributed by atoms with Crippen LogP contribution in [-0.2, 0) is 0 Å². The number of hydrogen-bond acceptors (Lipinski definition) is 5. The van der Waals surface area contributed by atoms with Gasteiger partial charge in [0.15, 0.2) is 5.03 Å². The summed E-state index contributed by atoms with van der Waals surface area (Å²) in [6.07, 6.45) is 0. The lowest BCUT2D eigenvalue weighted by atomic mass is 9.97. The minimum absolute atomic E-state index is 0.0706. The molecule has 3 N–H and O–H groups in total. The molecule has 0 unspecified atom stereocenters. The van der Waals surface area contributed by atoms with Gasteiger partial charge in [0.1, 0.15) is 29.1 Å². The number of H-pyrrole nitrogens is 1. The quantitative estimate of drug-likeness (QED) is 0.874. The van der Waals surface area contributed by atoms with E-state index >= 15 is 0 Å². The molecule has 106 valence electrons. The van der Waals surface area contributed by atoms with E-state index in [1.54, 1.807) is 6.07 Å². The second-order valence-electron chi connectivity index (χ2n) is 4.17. The van der Waals surface area contributed by atoms with E-state index in [9.17, 15) is 14.9 Å². The first-order valence-corrected chi connectivity index (χ1v) is 7.05. The summed E-state index contributed by atoms with van der Waals surface area (Å²) in [5.74, 6) is -0.303. The van der Waals surface area contributed by atoms with Crippen LogP contribution in [0.5, 0.6) is 0 Å². The first-order chi connectivity index (χ1) is 10.6. The molecule has 0 saturated carbocycles. The molecule has 22 heavy (non-hydrogen) atoms. The number of nitrogens with one attached hydrogen (secondary N) is 1. The number of hydrogen-bond donors (Lipinski definition) is 1. The number of pyridine rings is 1. The van der Waals surface area contributed by atoms with Crippen LogP contribution in [0.15, 0.2) is 29.3 Å². The van der Waals surface area contributed by atoms with Crippen LogP contribution in [0.25, 0.3) is 11.1 Å². The fourth-order valence-corrected chi connectivity index (χ4v) is 2.67. The third kappa shape index (κ3) is 2.83. The van der Waals surface area contributed by atoms with E-state index in [1.807, 2.05) is 18.2 Å². The monoisotopic (exact) mass is 310 g/mol. The number of rotatable bonds is 3. The second kappa shape index (κ2) is 6.58. The Bertz CT molecular complexity index is 858. The van der Waals surface area contributed by atoms with E-state index in [0.29, 0.717) is 10.6 Å². The molecule has 0 fully saturated rings. The topological polar surface area (TPSA) is 112 Å². The summed E-state index contributed by atoms with van der Waals surface area (Å²) in [4.78, 5) is 2.76. The van der Waals surface area contributed by atoms with Crippen LogP contribution in [0.2, 0.25) is 0 Å². The SMILES string of the molecule is N#CCSc1[nH+]c(N)c(C#N)c(-c2cccc(F)c2)c1C#N. The predicted molar refractivity (Wildman–Crippen MR) is 78.6 cm³/mol. The Kier molecular flexibility index (Phi) is 4.58. The average Bonchev–Trinajstić information content (AvgIpc) is 2.52. The minimum Gasteiger partial charge on any atom is -0.286 e. The lowest BCUT2D eigenvalue weighted by Gasteiger charge is -2.09. The lowest BCUT2D eigenvalue weighted by molar-refractivity contribution is -0.410. The fourth-order valence-electron chi connectivity index (χ4n) is 1.99. The van der Waals surface area contributed by atoms with Gasteiger partial charge in [-0.25, -0.2) is 9.37 Å². The molecule has 2 aromatic rings. The highest BCUT2D eigenvalue weighted by molar-refractivity contribution is 7.99. The molecule has 0 aliphatic rings. The number of nitrogens with two attached hydrogens (primary N) is 1. The molecule has 5 nitrogen and oxygen atoms in total. The second-order valence-corrected chi connectivity index (χ2v) is 5.16. The van der Waals surface area contributed by atoms with Gasteiger partial charge in [0.25, 0.3) is 5.82 Å². The van der Waals surface area contributed by atoms with Gasteiger partial charge in [-0.05, 0) is 17.7 Å². The Balaban J connectivity index is 2.80. The van der Waals surface area contributed by atoms with Crippen LogP contribution in [-0.4, -0.2) is 5.75 Å². The highest BCUT2D eigenvalue weighted by atomic mass is 32.2. The van der Waals surface area contributed by atoms with Crippen molar-refractivity contribution in [3.8, 4) is 29.3 Å². The van der Waals surface area contributed by atoms with Gasteiger partial charge in [-0.15, -0.1) is 0 Å². The average molecular weight is 310 g/mol. The maximum Gasteiger partial charge on any atom is 0.289 e. The Morgan fingerprint density at radius 1 is 1.18 bits per heavy atom. The Morgan fingerprint density at radius 3 is 2.50 bits per heavy atom. The van der Waals surface area contributed by atoms with Gasteiger partial charge < -0.3 is 0 Å². The number of anilines is 1. The number of thioether (sulfide) groups is 1. The molecule has 0 amide bonds. The predicted octanol–water partition coefficient (Wildman–Crippen LogP) is 2.25. The number of nitrogens with zero attached hydrogens (tertiary/aromatic N) is 3. The summed E-state index contributed by atoms with van der Waals surface area (Å²) in [6, 6.07) is 11.5. The zero-order valence-electron chi connectivity index (χ0n) is 11.2. The molecule has 7 heteroatoms. The molecule has 2 rings (SSSR count). The first-order valence-electron chi connectivity index (χ1n) is 6.07. The van der Waals surface area contributed by atoms with Crippen molar-refractivity contribution in [2.75, 3.05) is 11.5 Å². The van der Waals surface area contributed by atoms with Crippen LogP contribution >= 0.6 is 11.8 Å². The molecule has 0 spiro atoms. The van der Waals surface area contributed by atoms with Crippen molar-refractivity contribution < 1.29 is 9.37 Å². The van der Waals surface area contributed by atoms with Crippen LogP contribution in [0.1, 0.15) is 11.1 Å². The molecule has 0 aliphatic heterocycles. The standard InChI is InChI=1S/C15H8FN5S/c16-10-3-1-2-9(6-10)13-11(7-18)14(20)21-15(12(13)8-19)22-5-4-17/h1-3,6H,5H2,(H2,20,21)/p+1. The van der Waals surface area contributed by atoms with Gasteiger partial charge in [-0.1, -0.05) is 23.9 Å². The maximum absolute atomic E-state index is 13.5. The van der Waals surface area contributed by atoms with Crippen molar-refractivity contribution in [2.45, 2.75) is 5.03 Å². The fraction of sp³-hybridized carbons (Fsp3) is 0.0667. The number of nitriles is 3. The van der Waals surface area contributed by atoms with Gasteiger partial charge in [-0.2, -0.15) is 15.8 Å². The van der Waals surface area contributed by atoms with Gasteiger partial charge in [-0.3, -0.25) is 5.73 Å². The number of nitrogen functional groups attached to an aromatic ring is 1. The van der Waals surface area contributed by atoms with Crippen molar-refractivity contribution in [3.63, 3.8) is 0 Å². The number of halogens is 1. The van der Waals surface area contributed by atoms with Crippen LogP contribution in [0.3, 0.4) is 0 Å². The van der Waals surface area contributed by atoms with Crippen molar-refractivity contribution in [1.82, 2.24) is 0 Å². The Labute approximate surface area is 130 Å². The summed E-state index contributed by atoms with van der Waals surface area (Å²) in [7, 11) is 0. The normalized spacial score (nSPS) is 9.55. The van der Waals surface area contributed by atoms with Crippen molar-refractivity contribution in [3.05, 3.63) is 41.2 Å². The summed E-state index contributed by atoms with van der Waals surface area (Å²) in [5, 5.41) is 27.8. The van der Waals surface area contributed by atoms with Gasteiger partial charge >= 0.3 is 0 Å². The maximum atomic E-state index is 13.5. The third-order valence-electron chi connectivity index (χ3n) is 2.86. The molecule has 0 bridgehead atoms. The zero-order valence-corrected chi connectivity index (χ0v) is 12.0. The van der Waals surface area contributed by atoms with E-state index in [-0.39, 0.29) is 28.3 Å². The van der Waals surface area contributed by atoms with E-state index in [0.717, 1.165) is 11.8 Å². The zero-order chi connectivity index (χ0) is 16.1. The molecule has 1 aromatic carbocycles. The minimum atomic E-state index is -0.483. The highest BCUT2D eigenvalue weighted by Crippen LogP contribution is 2.33. The smallest absolute Gasteiger partial charge is 0.286 e. The van der Waals surface area contributed by atoms with E-state index < -0.39 is 5.82 Å². The van der Waals surface area contributed by atoms with Gasteiger partial charge in [0.2, 0.25) is 0 Å².